The molecule has 0 spiro atoms. The van der Waals surface area contributed by atoms with E-state index in [9.17, 15) is 0 Å². The fraction of sp³-hybridized carbons (Fsp3) is 0.684. The Kier molecular flexibility index (Phi) is 6.25. The van der Waals surface area contributed by atoms with E-state index in [4.69, 9.17) is 0 Å². The van der Waals surface area contributed by atoms with E-state index in [0.717, 1.165) is 19.5 Å². The smallest absolute Gasteiger partial charge is 0.0236 e. The first-order valence-electron chi connectivity index (χ1n) is 8.67. The van der Waals surface area contributed by atoms with E-state index >= 15 is 0 Å². The second-order valence-corrected chi connectivity index (χ2v) is 6.61. The van der Waals surface area contributed by atoms with Gasteiger partial charge in [0.2, 0.25) is 0 Å². The summed E-state index contributed by atoms with van der Waals surface area (Å²) in [6, 6.07) is 8.96. The molecule has 0 bridgehead atoms. The van der Waals surface area contributed by atoms with E-state index in [-0.39, 0.29) is 0 Å². The largest absolute Gasteiger partial charge is 0.319 e. The molecule has 0 aromatic heterocycles. The number of nitrogens with one attached hydrogen (secondary N) is 1. The van der Waals surface area contributed by atoms with E-state index < -0.39 is 0 Å². The van der Waals surface area contributed by atoms with E-state index in [1.165, 1.54) is 49.9 Å². The molecule has 2 nitrogen and oxygen atoms in total. The summed E-state index contributed by atoms with van der Waals surface area (Å²) in [5, 5.41) is 3.26. The van der Waals surface area contributed by atoms with Crippen molar-refractivity contribution in [3.63, 3.8) is 0 Å². The molecule has 0 aliphatic carbocycles. The van der Waals surface area contributed by atoms with E-state index in [0.29, 0.717) is 5.41 Å². The summed E-state index contributed by atoms with van der Waals surface area (Å²) in [5.74, 6) is 0. The van der Waals surface area contributed by atoms with Gasteiger partial charge in [-0.05, 0) is 62.5 Å². The van der Waals surface area contributed by atoms with Crippen LogP contribution in [0.5, 0.6) is 0 Å². The fourth-order valence-electron chi connectivity index (χ4n) is 3.60. The van der Waals surface area contributed by atoms with Crippen LogP contribution in [0, 0.1) is 5.41 Å². The van der Waals surface area contributed by atoms with Gasteiger partial charge in [-0.3, -0.25) is 4.90 Å². The maximum atomic E-state index is 3.26. The molecule has 2 rings (SSSR count). The van der Waals surface area contributed by atoms with Gasteiger partial charge in [0.05, 0.1) is 0 Å². The number of hydrogen-bond donors (Lipinski definition) is 1. The quantitative estimate of drug-likeness (QED) is 0.820. The Balaban J connectivity index is 1.94. The first-order valence-corrected chi connectivity index (χ1v) is 8.67. The molecule has 1 aliphatic rings. The van der Waals surface area contributed by atoms with Gasteiger partial charge in [0, 0.05) is 6.54 Å². The van der Waals surface area contributed by atoms with Crippen LogP contribution in [0.15, 0.2) is 24.3 Å². The molecule has 1 saturated heterocycles. The van der Waals surface area contributed by atoms with Crippen molar-refractivity contribution in [2.24, 2.45) is 5.41 Å². The molecule has 1 fully saturated rings. The minimum Gasteiger partial charge on any atom is -0.319 e. The Hall–Kier alpha value is -0.860. The summed E-state index contributed by atoms with van der Waals surface area (Å²) < 4.78 is 0. The third-order valence-corrected chi connectivity index (χ3v) is 5.57. The lowest BCUT2D eigenvalue weighted by Gasteiger charge is -2.41. The highest BCUT2D eigenvalue weighted by Gasteiger charge is 2.31. The van der Waals surface area contributed by atoms with Gasteiger partial charge in [-0.2, -0.15) is 0 Å². The van der Waals surface area contributed by atoms with E-state index in [1.807, 2.05) is 7.05 Å². The van der Waals surface area contributed by atoms with E-state index in [1.54, 1.807) is 0 Å². The molecule has 0 unspecified atom stereocenters. The monoisotopic (exact) mass is 288 g/mol. The van der Waals surface area contributed by atoms with Crippen LogP contribution in [0.4, 0.5) is 0 Å². The minimum absolute atomic E-state index is 0.627. The summed E-state index contributed by atoms with van der Waals surface area (Å²) in [6.45, 7) is 9.46. The van der Waals surface area contributed by atoms with Crippen molar-refractivity contribution in [2.75, 3.05) is 26.7 Å². The number of likely N-dealkylation sites (tertiary alicyclic amines) is 1. The van der Waals surface area contributed by atoms with Gasteiger partial charge in [0.15, 0.2) is 0 Å². The summed E-state index contributed by atoms with van der Waals surface area (Å²) >= 11 is 0. The predicted octanol–water partition coefficient (Wildman–Crippen LogP) is 3.85. The highest BCUT2D eigenvalue weighted by Crippen LogP contribution is 2.38. The Labute approximate surface area is 130 Å². The topological polar surface area (TPSA) is 15.3 Å². The van der Waals surface area contributed by atoms with Crippen molar-refractivity contribution in [1.82, 2.24) is 10.2 Å². The Bertz CT molecular complexity index is 413. The van der Waals surface area contributed by atoms with Crippen LogP contribution in [0.2, 0.25) is 0 Å². The second-order valence-electron chi connectivity index (χ2n) is 6.61. The number of likely N-dealkylation sites (N-methyl/N-ethyl adjacent to an activating group) is 1. The van der Waals surface area contributed by atoms with Gasteiger partial charge in [-0.1, -0.05) is 51.0 Å². The van der Waals surface area contributed by atoms with Crippen LogP contribution in [-0.2, 0) is 13.0 Å². The zero-order valence-electron chi connectivity index (χ0n) is 14.1. The average molecular weight is 288 g/mol. The number of nitrogens with zero attached hydrogens (tertiary/aromatic N) is 1. The number of rotatable bonds is 7. The van der Waals surface area contributed by atoms with Crippen molar-refractivity contribution in [2.45, 2.75) is 52.5 Å². The highest BCUT2D eigenvalue weighted by molar-refractivity contribution is 5.27. The van der Waals surface area contributed by atoms with Crippen molar-refractivity contribution < 1.29 is 0 Å². The molecule has 1 heterocycles. The van der Waals surface area contributed by atoms with Crippen LogP contribution in [0.3, 0.4) is 0 Å². The SMILES string of the molecule is CCC1(CC)CCN(Cc2ccccc2CCNC)CC1. The fourth-order valence-corrected chi connectivity index (χ4v) is 3.60. The van der Waals surface area contributed by atoms with Crippen molar-refractivity contribution in [3.05, 3.63) is 35.4 Å². The number of benzene rings is 1. The van der Waals surface area contributed by atoms with Crippen LogP contribution in [-0.4, -0.2) is 31.6 Å². The maximum Gasteiger partial charge on any atom is 0.0236 e. The lowest BCUT2D eigenvalue weighted by atomic mass is 9.74. The van der Waals surface area contributed by atoms with Crippen LogP contribution >= 0.6 is 0 Å². The lowest BCUT2D eigenvalue weighted by molar-refractivity contribution is 0.0907. The molecule has 1 aromatic carbocycles. The summed E-state index contributed by atoms with van der Waals surface area (Å²) in [7, 11) is 2.03. The van der Waals surface area contributed by atoms with Crippen LogP contribution < -0.4 is 5.32 Å². The number of piperidine rings is 1. The van der Waals surface area contributed by atoms with Gasteiger partial charge < -0.3 is 5.32 Å². The number of hydrogen-bond acceptors (Lipinski definition) is 2. The second kappa shape index (κ2) is 7.95. The first-order chi connectivity index (χ1) is 10.2. The van der Waals surface area contributed by atoms with Gasteiger partial charge in [-0.15, -0.1) is 0 Å². The molecule has 0 saturated carbocycles. The molecular formula is C19H32N2. The molecule has 1 aliphatic heterocycles. The van der Waals surface area contributed by atoms with Crippen molar-refractivity contribution in [1.29, 1.82) is 0 Å². The molecule has 1 N–H and O–H groups in total. The molecule has 0 radical (unpaired) electrons. The standard InChI is InChI=1S/C19H32N2/c1-4-19(5-2)11-14-21(15-12-19)16-18-9-7-6-8-17(18)10-13-20-3/h6-9,20H,4-5,10-16H2,1-3H3. The molecule has 0 atom stereocenters. The van der Waals surface area contributed by atoms with E-state index in [2.05, 4.69) is 48.3 Å². The molecular weight excluding hydrogens is 256 g/mol. The summed E-state index contributed by atoms with van der Waals surface area (Å²) in [5.41, 5.74) is 3.66. The van der Waals surface area contributed by atoms with Gasteiger partial charge in [0.1, 0.15) is 0 Å². The van der Waals surface area contributed by atoms with Crippen molar-refractivity contribution in [3.8, 4) is 0 Å². The van der Waals surface area contributed by atoms with Gasteiger partial charge >= 0.3 is 0 Å². The molecule has 2 heteroatoms. The van der Waals surface area contributed by atoms with Gasteiger partial charge in [0.25, 0.3) is 0 Å². The molecule has 1 aromatic rings. The third-order valence-electron chi connectivity index (χ3n) is 5.57. The zero-order chi connectivity index (χ0) is 15.1. The predicted molar refractivity (Wildman–Crippen MR) is 91.6 cm³/mol. The highest BCUT2D eigenvalue weighted by atomic mass is 15.1. The molecule has 0 amide bonds. The zero-order valence-corrected chi connectivity index (χ0v) is 14.1. The minimum atomic E-state index is 0.627. The molecule has 118 valence electrons. The van der Waals surface area contributed by atoms with Crippen LogP contribution in [0.1, 0.15) is 50.7 Å². The Morgan fingerprint density at radius 1 is 1.05 bits per heavy atom. The third kappa shape index (κ3) is 4.31. The maximum absolute atomic E-state index is 3.26. The van der Waals surface area contributed by atoms with Gasteiger partial charge in [-0.25, -0.2) is 0 Å². The van der Waals surface area contributed by atoms with Crippen LogP contribution in [0.25, 0.3) is 0 Å². The summed E-state index contributed by atoms with van der Waals surface area (Å²) in [4.78, 5) is 2.65. The molecule has 21 heavy (non-hydrogen) atoms. The lowest BCUT2D eigenvalue weighted by Crippen LogP contribution is -2.39. The average Bonchev–Trinajstić information content (AvgIpc) is 2.55. The Morgan fingerprint density at radius 3 is 2.24 bits per heavy atom. The van der Waals surface area contributed by atoms with Crippen molar-refractivity contribution >= 4 is 0 Å². The first kappa shape index (κ1) is 16.5. The Morgan fingerprint density at radius 2 is 1.67 bits per heavy atom. The summed E-state index contributed by atoms with van der Waals surface area (Å²) in [6.07, 6.45) is 6.57. The normalized spacial score (nSPS) is 18.8.